The zero-order valence-corrected chi connectivity index (χ0v) is 10.7. The summed E-state index contributed by atoms with van der Waals surface area (Å²) in [6.45, 7) is 0. The maximum Gasteiger partial charge on any atom is 0.0956 e. The Morgan fingerprint density at radius 1 is 1.00 bits per heavy atom. The van der Waals surface area contributed by atoms with Gasteiger partial charge in [0.05, 0.1) is 6.07 Å². The van der Waals surface area contributed by atoms with Crippen LogP contribution in [0.4, 0.5) is 0 Å². The van der Waals surface area contributed by atoms with Crippen LogP contribution in [0.15, 0.2) is 71.1 Å². The molecule has 2 aromatic carbocycles. The Balaban J connectivity index is 2.03. The molecule has 0 atom stereocenters. The molecule has 0 aliphatic heterocycles. The van der Waals surface area contributed by atoms with Gasteiger partial charge in [0, 0.05) is 16.2 Å². The molecule has 0 N–H and O–H groups in total. The maximum atomic E-state index is 9.13. The van der Waals surface area contributed by atoms with Gasteiger partial charge in [-0.15, -0.1) is 11.8 Å². The molecule has 0 heterocycles. The summed E-state index contributed by atoms with van der Waals surface area (Å²) in [4.78, 5) is 1.19. The van der Waals surface area contributed by atoms with Crippen molar-refractivity contribution in [3.63, 3.8) is 0 Å². The normalized spacial score (nSPS) is 10.9. The average molecular weight is 251 g/mol. The molecule has 2 aromatic rings. The molecule has 0 spiro atoms. The van der Waals surface area contributed by atoms with Gasteiger partial charge < -0.3 is 0 Å². The fourth-order valence-corrected chi connectivity index (χ4v) is 2.35. The summed E-state index contributed by atoms with van der Waals surface area (Å²) in [6, 6.07) is 22.3. The molecule has 0 aromatic heterocycles. The first-order valence-corrected chi connectivity index (χ1v) is 6.70. The van der Waals surface area contributed by atoms with Crippen molar-refractivity contribution < 1.29 is 0 Å². The quantitative estimate of drug-likeness (QED) is 0.594. The third-order valence-electron chi connectivity index (χ3n) is 2.42. The SMILES string of the molecule is N#C/C(=C\c1ccccc1)CSc1ccccc1. The fourth-order valence-electron chi connectivity index (χ4n) is 1.53. The van der Waals surface area contributed by atoms with Gasteiger partial charge in [-0.05, 0) is 23.8 Å². The second kappa shape index (κ2) is 6.68. The minimum absolute atomic E-state index is 0.704. The van der Waals surface area contributed by atoms with Crippen LogP contribution in [0.25, 0.3) is 6.08 Å². The summed E-state index contributed by atoms with van der Waals surface area (Å²) < 4.78 is 0. The van der Waals surface area contributed by atoms with Crippen LogP contribution >= 0.6 is 11.8 Å². The van der Waals surface area contributed by atoms with E-state index in [0.717, 1.165) is 11.1 Å². The Hall–Kier alpha value is -1.98. The van der Waals surface area contributed by atoms with E-state index >= 15 is 0 Å². The van der Waals surface area contributed by atoms with E-state index in [2.05, 4.69) is 18.2 Å². The summed E-state index contributed by atoms with van der Waals surface area (Å²) in [6.07, 6.45) is 1.94. The molecule has 1 nitrogen and oxygen atoms in total. The van der Waals surface area contributed by atoms with Crippen LogP contribution in [-0.4, -0.2) is 5.75 Å². The zero-order valence-electron chi connectivity index (χ0n) is 9.91. The molecule has 0 amide bonds. The van der Waals surface area contributed by atoms with E-state index in [1.807, 2.05) is 54.6 Å². The maximum absolute atomic E-state index is 9.13. The topological polar surface area (TPSA) is 23.8 Å². The molecule has 0 fully saturated rings. The number of thioether (sulfide) groups is 1. The highest BCUT2D eigenvalue weighted by atomic mass is 32.2. The molecular weight excluding hydrogens is 238 g/mol. The van der Waals surface area contributed by atoms with Crippen molar-refractivity contribution in [2.24, 2.45) is 0 Å². The third-order valence-corrected chi connectivity index (χ3v) is 3.48. The van der Waals surface area contributed by atoms with Gasteiger partial charge in [0.15, 0.2) is 0 Å². The van der Waals surface area contributed by atoms with E-state index in [4.69, 9.17) is 5.26 Å². The molecule has 18 heavy (non-hydrogen) atoms. The van der Waals surface area contributed by atoms with Crippen LogP contribution < -0.4 is 0 Å². The number of nitriles is 1. The lowest BCUT2D eigenvalue weighted by Crippen LogP contribution is -1.84. The van der Waals surface area contributed by atoms with Crippen molar-refractivity contribution >= 4 is 17.8 Å². The summed E-state index contributed by atoms with van der Waals surface area (Å²) >= 11 is 1.68. The van der Waals surface area contributed by atoms with Gasteiger partial charge in [0.2, 0.25) is 0 Å². The second-order valence-corrected chi connectivity index (χ2v) is 4.84. The van der Waals surface area contributed by atoms with Gasteiger partial charge in [0.1, 0.15) is 0 Å². The van der Waals surface area contributed by atoms with Crippen LogP contribution in [0, 0.1) is 11.3 Å². The lowest BCUT2D eigenvalue weighted by atomic mass is 10.1. The zero-order chi connectivity index (χ0) is 12.6. The van der Waals surface area contributed by atoms with Crippen LogP contribution in [0.5, 0.6) is 0 Å². The Labute approximate surface area is 112 Å². The predicted octanol–water partition coefficient (Wildman–Crippen LogP) is 4.39. The van der Waals surface area contributed by atoms with Gasteiger partial charge in [0.25, 0.3) is 0 Å². The molecule has 0 saturated heterocycles. The van der Waals surface area contributed by atoms with Crippen molar-refractivity contribution in [1.82, 2.24) is 0 Å². The summed E-state index contributed by atoms with van der Waals surface area (Å²) in [5.41, 5.74) is 1.86. The Bertz CT molecular complexity index is 553. The van der Waals surface area contributed by atoms with Gasteiger partial charge in [-0.3, -0.25) is 0 Å². The molecule has 0 saturated carbocycles. The standard InChI is InChI=1S/C16H13NS/c17-12-15(11-14-7-3-1-4-8-14)13-18-16-9-5-2-6-10-16/h1-11H,13H2/b15-11+. The molecule has 88 valence electrons. The number of hydrogen-bond donors (Lipinski definition) is 0. The minimum atomic E-state index is 0.704. The Kier molecular flexibility index (Phi) is 4.63. The molecule has 0 radical (unpaired) electrons. The highest BCUT2D eigenvalue weighted by Gasteiger charge is 1.98. The third kappa shape index (κ3) is 3.80. The van der Waals surface area contributed by atoms with Crippen LogP contribution in [0.2, 0.25) is 0 Å². The Morgan fingerprint density at radius 3 is 2.22 bits per heavy atom. The van der Waals surface area contributed by atoms with Crippen molar-refractivity contribution in [2.75, 3.05) is 5.75 Å². The lowest BCUT2D eigenvalue weighted by Gasteiger charge is -2.00. The monoisotopic (exact) mass is 251 g/mol. The molecule has 0 unspecified atom stereocenters. The van der Waals surface area contributed by atoms with Gasteiger partial charge in [-0.2, -0.15) is 5.26 Å². The number of nitrogens with zero attached hydrogens (tertiary/aromatic N) is 1. The van der Waals surface area contributed by atoms with E-state index in [9.17, 15) is 0 Å². The van der Waals surface area contributed by atoms with Crippen molar-refractivity contribution in [3.8, 4) is 6.07 Å². The highest BCUT2D eigenvalue weighted by molar-refractivity contribution is 7.99. The largest absolute Gasteiger partial charge is 0.193 e. The molecule has 0 aliphatic carbocycles. The molecule has 0 bridgehead atoms. The van der Waals surface area contributed by atoms with Gasteiger partial charge >= 0.3 is 0 Å². The van der Waals surface area contributed by atoms with Crippen LogP contribution in [0.3, 0.4) is 0 Å². The predicted molar refractivity (Wildman–Crippen MR) is 77.2 cm³/mol. The van der Waals surface area contributed by atoms with Gasteiger partial charge in [-0.25, -0.2) is 0 Å². The van der Waals surface area contributed by atoms with E-state index in [1.54, 1.807) is 11.8 Å². The van der Waals surface area contributed by atoms with Crippen LogP contribution in [0.1, 0.15) is 5.56 Å². The van der Waals surface area contributed by atoms with E-state index in [1.165, 1.54) is 4.90 Å². The number of hydrogen-bond acceptors (Lipinski definition) is 2. The summed E-state index contributed by atoms with van der Waals surface area (Å²) in [7, 11) is 0. The summed E-state index contributed by atoms with van der Waals surface area (Å²) in [5, 5.41) is 9.13. The molecule has 2 rings (SSSR count). The summed E-state index contributed by atoms with van der Waals surface area (Å²) in [5.74, 6) is 0.704. The first kappa shape index (κ1) is 12.5. The fraction of sp³-hybridized carbons (Fsp3) is 0.0625. The highest BCUT2D eigenvalue weighted by Crippen LogP contribution is 2.20. The Morgan fingerprint density at radius 2 is 1.61 bits per heavy atom. The number of rotatable bonds is 4. The smallest absolute Gasteiger partial charge is 0.0956 e. The van der Waals surface area contributed by atoms with Crippen molar-refractivity contribution in [1.29, 1.82) is 5.26 Å². The minimum Gasteiger partial charge on any atom is -0.193 e. The second-order valence-electron chi connectivity index (χ2n) is 3.79. The molecular formula is C16H13NS. The first-order valence-electron chi connectivity index (χ1n) is 5.72. The van der Waals surface area contributed by atoms with Crippen LogP contribution in [-0.2, 0) is 0 Å². The van der Waals surface area contributed by atoms with Crippen molar-refractivity contribution in [2.45, 2.75) is 4.90 Å². The number of benzene rings is 2. The average Bonchev–Trinajstić information content (AvgIpc) is 2.45. The molecule has 2 heteroatoms. The first-order chi connectivity index (χ1) is 8.88. The lowest BCUT2D eigenvalue weighted by molar-refractivity contribution is 1.43. The van der Waals surface area contributed by atoms with Gasteiger partial charge in [-0.1, -0.05) is 48.5 Å². The van der Waals surface area contributed by atoms with E-state index < -0.39 is 0 Å². The molecule has 0 aliphatic rings. The van der Waals surface area contributed by atoms with E-state index in [0.29, 0.717) is 5.75 Å². The van der Waals surface area contributed by atoms with E-state index in [-0.39, 0.29) is 0 Å². The van der Waals surface area contributed by atoms with Crippen molar-refractivity contribution in [3.05, 3.63) is 71.8 Å².